The number of fused-ring (bicyclic) bond motifs is 1. The Morgan fingerprint density at radius 3 is 2.76 bits per heavy atom. The molecule has 108 valence electrons. The number of ether oxygens (including phenoxy) is 1. The summed E-state index contributed by atoms with van der Waals surface area (Å²) in [6.07, 6.45) is 0. The SMILES string of the molecule is Cc1cccc(Oc2cc3c(cc2Br)C(N)C(=O)N3)c1C. The van der Waals surface area contributed by atoms with Crippen LogP contribution in [0.15, 0.2) is 34.8 Å². The Balaban J connectivity index is 1.99. The lowest BCUT2D eigenvalue weighted by Crippen LogP contribution is -2.19. The van der Waals surface area contributed by atoms with Crippen molar-refractivity contribution in [3.8, 4) is 11.5 Å². The van der Waals surface area contributed by atoms with Gasteiger partial charge in [-0.05, 0) is 53.0 Å². The van der Waals surface area contributed by atoms with Gasteiger partial charge in [-0.25, -0.2) is 0 Å². The zero-order chi connectivity index (χ0) is 15.1. The summed E-state index contributed by atoms with van der Waals surface area (Å²) >= 11 is 3.48. The summed E-state index contributed by atoms with van der Waals surface area (Å²) in [4.78, 5) is 11.6. The second-order valence-corrected chi connectivity index (χ2v) is 5.99. The van der Waals surface area contributed by atoms with Crippen LogP contribution in [-0.2, 0) is 4.79 Å². The quantitative estimate of drug-likeness (QED) is 0.868. The highest BCUT2D eigenvalue weighted by molar-refractivity contribution is 9.10. The highest BCUT2D eigenvalue weighted by atomic mass is 79.9. The van der Waals surface area contributed by atoms with E-state index in [-0.39, 0.29) is 5.91 Å². The molecule has 0 fully saturated rings. The van der Waals surface area contributed by atoms with E-state index in [0.717, 1.165) is 21.3 Å². The van der Waals surface area contributed by atoms with Crippen molar-refractivity contribution in [3.63, 3.8) is 0 Å². The predicted molar refractivity (Wildman–Crippen MR) is 85.7 cm³/mol. The zero-order valence-corrected chi connectivity index (χ0v) is 13.3. The smallest absolute Gasteiger partial charge is 0.245 e. The molecule has 0 radical (unpaired) electrons. The maximum Gasteiger partial charge on any atom is 0.245 e. The minimum absolute atomic E-state index is 0.194. The van der Waals surface area contributed by atoms with Crippen molar-refractivity contribution in [1.82, 2.24) is 0 Å². The molecule has 0 saturated carbocycles. The zero-order valence-electron chi connectivity index (χ0n) is 11.7. The Bertz CT molecular complexity index is 743. The minimum atomic E-state index is -0.619. The van der Waals surface area contributed by atoms with Crippen molar-refractivity contribution < 1.29 is 9.53 Å². The maximum atomic E-state index is 11.6. The van der Waals surface area contributed by atoms with Crippen LogP contribution in [-0.4, -0.2) is 5.91 Å². The van der Waals surface area contributed by atoms with Crippen molar-refractivity contribution in [2.45, 2.75) is 19.9 Å². The standard InChI is InChI=1S/C16H15BrN2O2/c1-8-4-3-5-13(9(8)2)21-14-7-12-10(6-11(14)17)15(18)16(20)19-12/h3-7,15H,18H2,1-2H3,(H,19,20). The molecule has 2 aromatic rings. The summed E-state index contributed by atoms with van der Waals surface area (Å²) in [5.74, 6) is 1.25. The largest absolute Gasteiger partial charge is 0.456 e. The third-order valence-electron chi connectivity index (χ3n) is 3.75. The van der Waals surface area contributed by atoms with Crippen LogP contribution in [0.2, 0.25) is 0 Å². The van der Waals surface area contributed by atoms with Crippen LogP contribution in [0.1, 0.15) is 22.7 Å². The van der Waals surface area contributed by atoms with Gasteiger partial charge in [0.15, 0.2) is 0 Å². The number of halogens is 1. The summed E-state index contributed by atoms with van der Waals surface area (Å²) in [7, 11) is 0. The number of hydrogen-bond acceptors (Lipinski definition) is 3. The summed E-state index contributed by atoms with van der Waals surface area (Å²) in [5, 5.41) is 2.76. The lowest BCUT2D eigenvalue weighted by Gasteiger charge is -2.13. The average Bonchev–Trinajstić information content (AvgIpc) is 2.71. The molecular weight excluding hydrogens is 332 g/mol. The van der Waals surface area contributed by atoms with Gasteiger partial charge in [0.05, 0.1) is 4.47 Å². The molecule has 1 aliphatic rings. The first kappa shape index (κ1) is 14.1. The Labute approximate surface area is 131 Å². The topological polar surface area (TPSA) is 64.3 Å². The van der Waals surface area contributed by atoms with Gasteiger partial charge in [-0.2, -0.15) is 0 Å². The van der Waals surface area contributed by atoms with Gasteiger partial charge in [0.1, 0.15) is 17.5 Å². The van der Waals surface area contributed by atoms with Crippen LogP contribution in [0.4, 0.5) is 5.69 Å². The minimum Gasteiger partial charge on any atom is -0.456 e. The number of aryl methyl sites for hydroxylation is 1. The molecule has 1 heterocycles. The second kappa shape index (κ2) is 5.16. The van der Waals surface area contributed by atoms with Crippen molar-refractivity contribution in [1.29, 1.82) is 0 Å². The van der Waals surface area contributed by atoms with Crippen molar-refractivity contribution in [3.05, 3.63) is 51.5 Å². The third-order valence-corrected chi connectivity index (χ3v) is 4.37. The van der Waals surface area contributed by atoms with Gasteiger partial charge < -0.3 is 15.8 Å². The van der Waals surface area contributed by atoms with Crippen LogP contribution in [0.5, 0.6) is 11.5 Å². The normalized spacial score (nSPS) is 16.6. The van der Waals surface area contributed by atoms with Crippen molar-refractivity contribution in [2.24, 2.45) is 5.73 Å². The van der Waals surface area contributed by atoms with Crippen LogP contribution >= 0.6 is 15.9 Å². The molecule has 1 amide bonds. The van der Waals surface area contributed by atoms with Gasteiger partial charge in [0, 0.05) is 17.3 Å². The van der Waals surface area contributed by atoms with Crippen LogP contribution in [0, 0.1) is 13.8 Å². The van der Waals surface area contributed by atoms with E-state index in [1.54, 1.807) is 6.07 Å². The van der Waals surface area contributed by atoms with E-state index < -0.39 is 6.04 Å². The first-order chi connectivity index (χ1) is 9.97. The maximum absolute atomic E-state index is 11.6. The summed E-state index contributed by atoms with van der Waals surface area (Å²) in [6.45, 7) is 4.06. The van der Waals surface area contributed by atoms with Crippen LogP contribution in [0.25, 0.3) is 0 Å². The number of benzene rings is 2. The fraction of sp³-hybridized carbons (Fsp3) is 0.188. The highest BCUT2D eigenvalue weighted by Gasteiger charge is 2.28. The fourth-order valence-corrected chi connectivity index (χ4v) is 2.76. The number of nitrogens with one attached hydrogen (secondary N) is 1. The van der Waals surface area contributed by atoms with Crippen LogP contribution < -0.4 is 15.8 Å². The van der Waals surface area contributed by atoms with E-state index in [1.807, 2.05) is 38.1 Å². The van der Waals surface area contributed by atoms with Gasteiger partial charge in [0.25, 0.3) is 0 Å². The number of rotatable bonds is 2. The van der Waals surface area contributed by atoms with E-state index in [1.165, 1.54) is 5.56 Å². The van der Waals surface area contributed by atoms with Gasteiger partial charge in [-0.3, -0.25) is 4.79 Å². The average molecular weight is 347 g/mol. The molecule has 1 atom stereocenters. The molecule has 0 aliphatic carbocycles. The molecular formula is C16H15BrN2O2. The monoisotopic (exact) mass is 346 g/mol. The molecule has 1 unspecified atom stereocenters. The third kappa shape index (κ3) is 2.43. The summed E-state index contributed by atoms with van der Waals surface area (Å²) in [5.41, 5.74) is 9.57. The number of amides is 1. The molecule has 4 nitrogen and oxygen atoms in total. The molecule has 0 bridgehead atoms. The van der Waals surface area contributed by atoms with Crippen molar-refractivity contribution >= 4 is 27.5 Å². The lowest BCUT2D eigenvalue weighted by molar-refractivity contribution is -0.116. The van der Waals surface area contributed by atoms with Crippen LogP contribution in [0.3, 0.4) is 0 Å². The van der Waals surface area contributed by atoms with E-state index in [4.69, 9.17) is 10.5 Å². The summed E-state index contributed by atoms with van der Waals surface area (Å²) < 4.78 is 6.75. The highest BCUT2D eigenvalue weighted by Crippen LogP contribution is 2.40. The van der Waals surface area contributed by atoms with Gasteiger partial charge in [-0.1, -0.05) is 12.1 Å². The Hall–Kier alpha value is -1.85. The van der Waals surface area contributed by atoms with Gasteiger partial charge >= 0.3 is 0 Å². The van der Waals surface area contributed by atoms with Crippen molar-refractivity contribution in [2.75, 3.05) is 5.32 Å². The molecule has 0 aromatic heterocycles. The Morgan fingerprint density at radius 1 is 1.24 bits per heavy atom. The first-order valence-electron chi connectivity index (χ1n) is 6.61. The number of anilines is 1. The number of hydrogen-bond donors (Lipinski definition) is 2. The number of carbonyl (C=O) groups excluding carboxylic acids is 1. The van der Waals surface area contributed by atoms with E-state index in [0.29, 0.717) is 11.4 Å². The molecule has 0 saturated heterocycles. The van der Waals surface area contributed by atoms with Gasteiger partial charge in [-0.15, -0.1) is 0 Å². The van der Waals surface area contributed by atoms with E-state index in [9.17, 15) is 4.79 Å². The second-order valence-electron chi connectivity index (χ2n) is 5.14. The Kier molecular flexibility index (Phi) is 3.47. The molecule has 21 heavy (non-hydrogen) atoms. The molecule has 5 heteroatoms. The summed E-state index contributed by atoms with van der Waals surface area (Å²) in [6, 6.07) is 8.93. The van der Waals surface area contributed by atoms with E-state index >= 15 is 0 Å². The fourth-order valence-electron chi connectivity index (χ4n) is 2.32. The van der Waals surface area contributed by atoms with E-state index in [2.05, 4.69) is 21.2 Å². The Morgan fingerprint density at radius 2 is 2.00 bits per heavy atom. The molecule has 3 rings (SSSR count). The lowest BCUT2D eigenvalue weighted by atomic mass is 10.1. The molecule has 3 N–H and O–H groups in total. The first-order valence-corrected chi connectivity index (χ1v) is 7.40. The van der Waals surface area contributed by atoms with Gasteiger partial charge in [0.2, 0.25) is 5.91 Å². The molecule has 1 aliphatic heterocycles. The predicted octanol–water partition coefficient (Wildman–Crippen LogP) is 3.81. The number of carbonyl (C=O) groups is 1. The number of nitrogens with two attached hydrogens (primary N) is 1. The molecule has 0 spiro atoms. The molecule has 2 aromatic carbocycles.